The molecule has 5 nitrogen and oxygen atoms in total. The van der Waals surface area contributed by atoms with Gasteiger partial charge in [0.25, 0.3) is 0 Å². The second kappa shape index (κ2) is 8.70. The first-order chi connectivity index (χ1) is 9.13. The van der Waals surface area contributed by atoms with Crippen LogP contribution in [0, 0.1) is 11.3 Å². The summed E-state index contributed by atoms with van der Waals surface area (Å²) in [5, 5.41) is 8.76. The molecule has 1 aromatic heterocycles. The van der Waals surface area contributed by atoms with Crippen LogP contribution in [0.3, 0.4) is 0 Å². The van der Waals surface area contributed by atoms with E-state index in [9.17, 15) is 4.79 Å². The molecule has 0 aliphatic heterocycles. The minimum Gasteiger partial charge on any atom is -0.492 e. The molecular formula is C14H18N2O3. The van der Waals surface area contributed by atoms with Crippen molar-refractivity contribution in [2.24, 2.45) is 0 Å². The van der Waals surface area contributed by atoms with Crippen molar-refractivity contribution in [3.05, 3.63) is 35.7 Å². The fraction of sp³-hybridized carbons (Fsp3) is 0.357. The van der Waals surface area contributed by atoms with Crippen molar-refractivity contribution in [2.75, 3.05) is 13.7 Å². The molecule has 0 atom stereocenters. The number of methoxy groups -OCH3 is 1. The van der Waals surface area contributed by atoms with Gasteiger partial charge in [0, 0.05) is 0 Å². The minimum absolute atomic E-state index is 0.188. The second-order valence-corrected chi connectivity index (χ2v) is 3.05. The van der Waals surface area contributed by atoms with Crippen LogP contribution in [0.25, 0.3) is 5.76 Å². The predicted octanol–water partition coefficient (Wildman–Crippen LogP) is 2.77. The smallest absolute Gasteiger partial charge is 0.340 e. The van der Waals surface area contributed by atoms with Gasteiger partial charge in [-0.15, -0.1) is 0 Å². The highest BCUT2D eigenvalue weighted by Gasteiger charge is 2.17. The molecule has 102 valence electrons. The van der Waals surface area contributed by atoms with Crippen LogP contribution in [-0.4, -0.2) is 24.7 Å². The molecule has 0 amide bonds. The molecule has 0 radical (unpaired) electrons. The summed E-state index contributed by atoms with van der Waals surface area (Å²) in [5.74, 6) is -0.303. The fourth-order valence-electron chi connectivity index (χ4n) is 1.25. The molecule has 0 saturated carbocycles. The molecule has 0 N–H and O–H groups in total. The molecule has 1 aromatic rings. The van der Waals surface area contributed by atoms with E-state index in [1.54, 1.807) is 6.92 Å². The standard InChI is InChI=1S/C12H12N2O3.C2H6/c1-4-17-8(2)11-10(12(15)16-3)6-5-9(7-13)14-11;1-2/h5-6H,2,4H2,1,3H3;1-2H3. The second-order valence-electron chi connectivity index (χ2n) is 3.05. The average Bonchev–Trinajstić information content (AvgIpc) is 2.48. The van der Waals surface area contributed by atoms with Crippen molar-refractivity contribution in [1.29, 1.82) is 5.26 Å². The number of nitriles is 1. The van der Waals surface area contributed by atoms with E-state index in [0.29, 0.717) is 6.61 Å². The molecule has 0 aliphatic rings. The van der Waals surface area contributed by atoms with Crippen molar-refractivity contribution in [1.82, 2.24) is 4.98 Å². The van der Waals surface area contributed by atoms with Crippen LogP contribution in [0.4, 0.5) is 0 Å². The first-order valence-corrected chi connectivity index (χ1v) is 5.95. The number of ether oxygens (including phenoxy) is 2. The maximum absolute atomic E-state index is 11.5. The van der Waals surface area contributed by atoms with Crippen LogP contribution in [0.1, 0.15) is 42.5 Å². The molecule has 0 spiro atoms. The highest BCUT2D eigenvalue weighted by molar-refractivity contribution is 5.93. The first-order valence-electron chi connectivity index (χ1n) is 5.95. The van der Waals surface area contributed by atoms with Crippen molar-refractivity contribution < 1.29 is 14.3 Å². The van der Waals surface area contributed by atoms with Crippen molar-refractivity contribution in [3.63, 3.8) is 0 Å². The van der Waals surface area contributed by atoms with Crippen LogP contribution in [0.5, 0.6) is 0 Å². The molecular weight excluding hydrogens is 244 g/mol. The summed E-state index contributed by atoms with van der Waals surface area (Å²) in [5.41, 5.74) is 0.649. The summed E-state index contributed by atoms with van der Waals surface area (Å²) in [6, 6.07) is 4.80. The third kappa shape index (κ3) is 4.43. The van der Waals surface area contributed by atoms with Crippen LogP contribution < -0.4 is 0 Å². The zero-order valence-corrected chi connectivity index (χ0v) is 11.7. The lowest BCUT2D eigenvalue weighted by Crippen LogP contribution is -2.09. The molecule has 0 aromatic carbocycles. The lowest BCUT2D eigenvalue weighted by Gasteiger charge is -2.10. The van der Waals surface area contributed by atoms with Crippen LogP contribution in [0.15, 0.2) is 18.7 Å². The van der Waals surface area contributed by atoms with Gasteiger partial charge in [-0.3, -0.25) is 0 Å². The largest absolute Gasteiger partial charge is 0.492 e. The Kier molecular flexibility index (Phi) is 7.62. The number of rotatable bonds is 4. The van der Waals surface area contributed by atoms with Crippen molar-refractivity contribution in [2.45, 2.75) is 20.8 Å². The zero-order valence-electron chi connectivity index (χ0n) is 11.7. The Morgan fingerprint density at radius 3 is 2.58 bits per heavy atom. The molecule has 0 bridgehead atoms. The molecule has 5 heteroatoms. The van der Waals surface area contributed by atoms with Gasteiger partial charge in [-0.05, 0) is 19.1 Å². The third-order valence-electron chi connectivity index (χ3n) is 2.00. The summed E-state index contributed by atoms with van der Waals surface area (Å²) in [4.78, 5) is 15.5. The summed E-state index contributed by atoms with van der Waals surface area (Å²) < 4.78 is 9.81. The lowest BCUT2D eigenvalue weighted by molar-refractivity contribution is 0.0599. The van der Waals surface area contributed by atoms with E-state index in [2.05, 4.69) is 16.3 Å². The quantitative estimate of drug-likeness (QED) is 0.616. The molecule has 0 aliphatic carbocycles. The van der Waals surface area contributed by atoms with Gasteiger partial charge in [0.05, 0.1) is 19.3 Å². The van der Waals surface area contributed by atoms with E-state index in [1.165, 1.54) is 19.2 Å². The van der Waals surface area contributed by atoms with Crippen molar-refractivity contribution in [3.8, 4) is 6.07 Å². The van der Waals surface area contributed by atoms with Crippen LogP contribution >= 0.6 is 0 Å². The Balaban J connectivity index is 0.00000154. The van der Waals surface area contributed by atoms with E-state index in [0.717, 1.165) is 0 Å². The first kappa shape index (κ1) is 16.6. The summed E-state index contributed by atoms with van der Waals surface area (Å²) in [7, 11) is 1.27. The minimum atomic E-state index is -0.544. The molecule has 0 saturated heterocycles. The highest BCUT2D eigenvalue weighted by Crippen LogP contribution is 2.18. The topological polar surface area (TPSA) is 72.2 Å². The molecule has 0 fully saturated rings. The molecule has 1 heterocycles. The Hall–Kier alpha value is -2.35. The zero-order chi connectivity index (χ0) is 14.8. The van der Waals surface area contributed by atoms with Crippen molar-refractivity contribution >= 4 is 11.7 Å². The normalized spacial score (nSPS) is 8.58. The number of carbonyl (C=O) groups excluding carboxylic acids is 1. The fourth-order valence-corrected chi connectivity index (χ4v) is 1.25. The number of nitrogens with zero attached hydrogens (tertiary/aromatic N) is 2. The summed E-state index contributed by atoms with van der Waals surface area (Å²) in [6.07, 6.45) is 0. The third-order valence-corrected chi connectivity index (χ3v) is 2.00. The van der Waals surface area contributed by atoms with Crippen LogP contribution in [-0.2, 0) is 9.47 Å². The number of pyridine rings is 1. The monoisotopic (exact) mass is 262 g/mol. The van der Waals surface area contributed by atoms with Gasteiger partial charge >= 0.3 is 5.97 Å². The Labute approximate surface area is 113 Å². The summed E-state index contributed by atoms with van der Waals surface area (Å²) in [6.45, 7) is 9.86. The summed E-state index contributed by atoms with van der Waals surface area (Å²) >= 11 is 0. The molecule has 1 rings (SSSR count). The number of hydrogen-bond donors (Lipinski definition) is 0. The van der Waals surface area contributed by atoms with Gasteiger partial charge in [0.2, 0.25) is 0 Å². The van der Waals surface area contributed by atoms with Gasteiger partial charge in [-0.1, -0.05) is 20.4 Å². The average molecular weight is 262 g/mol. The van der Waals surface area contributed by atoms with E-state index >= 15 is 0 Å². The Bertz CT molecular complexity index is 490. The van der Waals surface area contributed by atoms with E-state index in [-0.39, 0.29) is 22.7 Å². The number of carbonyl (C=O) groups is 1. The van der Waals surface area contributed by atoms with Gasteiger partial charge in [0.15, 0.2) is 0 Å². The van der Waals surface area contributed by atoms with Crippen LogP contribution in [0.2, 0.25) is 0 Å². The van der Waals surface area contributed by atoms with E-state index in [1.807, 2.05) is 19.9 Å². The van der Waals surface area contributed by atoms with E-state index < -0.39 is 5.97 Å². The maximum Gasteiger partial charge on any atom is 0.340 e. The SMILES string of the molecule is C=C(OCC)c1nc(C#N)ccc1C(=O)OC.CC. The van der Waals surface area contributed by atoms with Gasteiger partial charge in [0.1, 0.15) is 23.2 Å². The highest BCUT2D eigenvalue weighted by atomic mass is 16.5. The number of esters is 1. The van der Waals surface area contributed by atoms with Gasteiger partial charge in [-0.25, -0.2) is 9.78 Å². The molecule has 19 heavy (non-hydrogen) atoms. The number of hydrogen-bond acceptors (Lipinski definition) is 5. The predicted molar refractivity (Wildman–Crippen MR) is 72.3 cm³/mol. The maximum atomic E-state index is 11.5. The van der Waals surface area contributed by atoms with E-state index in [4.69, 9.17) is 10.00 Å². The van der Waals surface area contributed by atoms with Gasteiger partial charge < -0.3 is 9.47 Å². The Morgan fingerprint density at radius 1 is 1.47 bits per heavy atom. The molecule has 0 unspecified atom stereocenters. The van der Waals surface area contributed by atoms with Gasteiger partial charge in [-0.2, -0.15) is 5.26 Å². The number of aromatic nitrogens is 1. The Morgan fingerprint density at radius 2 is 2.11 bits per heavy atom. The lowest BCUT2D eigenvalue weighted by atomic mass is 10.1.